The van der Waals surface area contributed by atoms with Gasteiger partial charge in [-0.3, -0.25) is 0 Å². The highest BCUT2D eigenvalue weighted by Crippen LogP contribution is 2.34. The molecule has 0 bridgehead atoms. The van der Waals surface area contributed by atoms with Crippen molar-refractivity contribution in [3.05, 3.63) is 0 Å². The van der Waals surface area contributed by atoms with Gasteiger partial charge in [0.2, 0.25) is 0 Å². The lowest BCUT2D eigenvalue weighted by Crippen LogP contribution is -2.38. The van der Waals surface area contributed by atoms with E-state index in [2.05, 4.69) is 6.55 Å². The molecule has 14 heavy (non-hydrogen) atoms. The van der Waals surface area contributed by atoms with Crippen LogP contribution in [0, 0.1) is 0 Å². The molecular formula is C12H24OSi. The zero-order valence-corrected chi connectivity index (χ0v) is 10.7. The van der Waals surface area contributed by atoms with Crippen LogP contribution >= 0.6 is 0 Å². The Kier molecular flexibility index (Phi) is 4.06. The lowest BCUT2D eigenvalue weighted by atomic mass is 10.0. The van der Waals surface area contributed by atoms with Crippen molar-refractivity contribution in [2.75, 3.05) is 6.61 Å². The standard InChI is InChI=1S/C12H24OSi/c1-14(11-7-3-2-4-8-11)12-9-5-6-10-13-12/h11-12,14H,2-10H2,1H3. The number of hydrogen-bond donors (Lipinski definition) is 0. The zero-order chi connectivity index (χ0) is 9.80. The highest BCUT2D eigenvalue weighted by molar-refractivity contribution is 6.60. The van der Waals surface area contributed by atoms with E-state index in [0.717, 1.165) is 17.9 Å². The first-order valence-corrected chi connectivity index (χ1v) is 8.98. The van der Waals surface area contributed by atoms with Crippen molar-refractivity contribution in [2.45, 2.75) is 69.2 Å². The van der Waals surface area contributed by atoms with Crippen molar-refractivity contribution in [3.8, 4) is 0 Å². The van der Waals surface area contributed by atoms with Crippen LogP contribution in [0.4, 0.5) is 0 Å². The van der Waals surface area contributed by atoms with Crippen LogP contribution in [-0.2, 0) is 4.74 Å². The molecule has 0 amide bonds. The number of hydrogen-bond acceptors (Lipinski definition) is 1. The lowest BCUT2D eigenvalue weighted by Gasteiger charge is -2.34. The largest absolute Gasteiger partial charge is 0.382 e. The van der Waals surface area contributed by atoms with E-state index in [9.17, 15) is 0 Å². The Balaban J connectivity index is 1.82. The molecule has 1 aliphatic heterocycles. The van der Waals surface area contributed by atoms with E-state index in [1.165, 1.54) is 51.4 Å². The van der Waals surface area contributed by atoms with Crippen molar-refractivity contribution in [1.82, 2.24) is 0 Å². The van der Waals surface area contributed by atoms with Crippen LogP contribution < -0.4 is 0 Å². The molecule has 2 fully saturated rings. The van der Waals surface area contributed by atoms with E-state index in [0.29, 0.717) is 0 Å². The van der Waals surface area contributed by atoms with E-state index < -0.39 is 8.80 Å². The Hall–Kier alpha value is 0.177. The second-order valence-corrected chi connectivity index (χ2v) is 8.57. The number of rotatable bonds is 2. The molecule has 82 valence electrons. The summed E-state index contributed by atoms with van der Waals surface area (Å²) in [6.07, 6.45) is 11.6. The van der Waals surface area contributed by atoms with Crippen LogP contribution in [0.5, 0.6) is 0 Å². The molecule has 2 rings (SSSR count). The maximum absolute atomic E-state index is 5.95. The smallest absolute Gasteiger partial charge is 0.0717 e. The van der Waals surface area contributed by atoms with Gasteiger partial charge in [-0.15, -0.1) is 0 Å². The summed E-state index contributed by atoms with van der Waals surface area (Å²) in [5, 5.41) is 0. The van der Waals surface area contributed by atoms with Crippen molar-refractivity contribution in [2.24, 2.45) is 0 Å². The normalized spacial score (nSPS) is 32.8. The van der Waals surface area contributed by atoms with Crippen molar-refractivity contribution >= 4 is 8.80 Å². The second kappa shape index (κ2) is 5.31. The van der Waals surface area contributed by atoms with Gasteiger partial charge in [-0.1, -0.05) is 38.7 Å². The first-order chi connectivity index (χ1) is 6.88. The molecule has 0 radical (unpaired) electrons. The quantitative estimate of drug-likeness (QED) is 0.638. The van der Waals surface area contributed by atoms with Crippen LogP contribution in [0.1, 0.15) is 51.4 Å². The van der Waals surface area contributed by atoms with E-state index >= 15 is 0 Å². The van der Waals surface area contributed by atoms with Crippen LogP contribution in [0.3, 0.4) is 0 Å². The summed E-state index contributed by atoms with van der Waals surface area (Å²) in [5.74, 6) is 0. The minimum absolute atomic E-state index is 0.587. The van der Waals surface area contributed by atoms with Gasteiger partial charge < -0.3 is 4.74 Å². The third-order valence-corrected chi connectivity index (χ3v) is 8.05. The molecule has 2 heteroatoms. The minimum atomic E-state index is -0.587. The molecule has 2 aliphatic rings. The summed E-state index contributed by atoms with van der Waals surface area (Å²) in [7, 11) is -0.587. The number of ether oxygens (including phenoxy) is 1. The molecule has 2 unspecified atom stereocenters. The average Bonchev–Trinajstić information content (AvgIpc) is 2.30. The third-order valence-electron chi connectivity index (χ3n) is 4.19. The first kappa shape index (κ1) is 10.7. The van der Waals surface area contributed by atoms with Crippen molar-refractivity contribution in [3.63, 3.8) is 0 Å². The third kappa shape index (κ3) is 2.60. The predicted octanol–water partition coefficient (Wildman–Crippen LogP) is 3.29. The van der Waals surface area contributed by atoms with Gasteiger partial charge in [0.15, 0.2) is 0 Å². The fourth-order valence-electron chi connectivity index (χ4n) is 3.14. The van der Waals surface area contributed by atoms with Gasteiger partial charge in [0.1, 0.15) is 0 Å². The maximum atomic E-state index is 5.95. The summed E-state index contributed by atoms with van der Waals surface area (Å²) in [4.78, 5) is 0. The van der Waals surface area contributed by atoms with Gasteiger partial charge in [-0.2, -0.15) is 0 Å². The molecule has 1 saturated carbocycles. The Morgan fingerprint density at radius 2 is 1.64 bits per heavy atom. The molecule has 0 aromatic rings. The summed E-state index contributed by atoms with van der Waals surface area (Å²) < 4.78 is 5.95. The fraction of sp³-hybridized carbons (Fsp3) is 1.00. The summed E-state index contributed by atoms with van der Waals surface area (Å²) in [6, 6.07) is 0. The average molecular weight is 212 g/mol. The molecule has 1 heterocycles. The zero-order valence-electron chi connectivity index (χ0n) is 9.50. The highest BCUT2D eigenvalue weighted by atomic mass is 28.3. The molecule has 1 saturated heterocycles. The Morgan fingerprint density at radius 1 is 0.929 bits per heavy atom. The van der Waals surface area contributed by atoms with Crippen molar-refractivity contribution in [1.29, 1.82) is 0 Å². The highest BCUT2D eigenvalue weighted by Gasteiger charge is 2.29. The summed E-state index contributed by atoms with van der Waals surface area (Å²) in [6.45, 7) is 3.61. The van der Waals surface area contributed by atoms with E-state index in [1.54, 1.807) is 0 Å². The van der Waals surface area contributed by atoms with E-state index in [1.807, 2.05) is 0 Å². The molecule has 0 spiro atoms. The topological polar surface area (TPSA) is 9.23 Å². The Labute approximate surface area is 89.8 Å². The SMILES string of the molecule is C[SiH](C1CCCCC1)C1CCCCO1. The molecule has 2 atom stereocenters. The molecule has 0 N–H and O–H groups in total. The van der Waals surface area contributed by atoms with E-state index in [4.69, 9.17) is 4.74 Å². The van der Waals surface area contributed by atoms with Crippen LogP contribution in [0.15, 0.2) is 0 Å². The van der Waals surface area contributed by atoms with Gasteiger partial charge in [-0.05, 0) is 24.8 Å². The predicted molar refractivity (Wildman–Crippen MR) is 63.4 cm³/mol. The monoisotopic (exact) mass is 212 g/mol. The van der Waals surface area contributed by atoms with Crippen molar-refractivity contribution < 1.29 is 4.74 Å². The van der Waals surface area contributed by atoms with Crippen LogP contribution in [-0.4, -0.2) is 21.1 Å². The second-order valence-electron chi connectivity index (χ2n) is 5.16. The molecular weight excluding hydrogens is 188 g/mol. The van der Waals surface area contributed by atoms with Gasteiger partial charge in [0.05, 0.1) is 8.80 Å². The fourth-order valence-corrected chi connectivity index (χ4v) is 6.48. The maximum Gasteiger partial charge on any atom is 0.0717 e. The molecule has 1 nitrogen and oxygen atoms in total. The van der Waals surface area contributed by atoms with E-state index in [-0.39, 0.29) is 0 Å². The van der Waals surface area contributed by atoms with Crippen LogP contribution in [0.25, 0.3) is 0 Å². The lowest BCUT2D eigenvalue weighted by molar-refractivity contribution is 0.0613. The van der Waals surface area contributed by atoms with Gasteiger partial charge in [0, 0.05) is 12.3 Å². The first-order valence-electron chi connectivity index (χ1n) is 6.49. The van der Waals surface area contributed by atoms with Gasteiger partial charge in [0.25, 0.3) is 0 Å². The molecule has 1 aliphatic carbocycles. The van der Waals surface area contributed by atoms with Gasteiger partial charge >= 0.3 is 0 Å². The van der Waals surface area contributed by atoms with Crippen LogP contribution in [0.2, 0.25) is 12.1 Å². The molecule has 0 aromatic heterocycles. The Bertz CT molecular complexity index is 142. The Morgan fingerprint density at radius 3 is 2.29 bits per heavy atom. The minimum Gasteiger partial charge on any atom is -0.382 e. The summed E-state index contributed by atoms with van der Waals surface area (Å²) in [5.41, 5.74) is 1.83. The molecule has 0 aromatic carbocycles. The summed E-state index contributed by atoms with van der Waals surface area (Å²) >= 11 is 0. The van der Waals surface area contributed by atoms with Gasteiger partial charge in [-0.25, -0.2) is 0 Å².